The summed E-state index contributed by atoms with van der Waals surface area (Å²) in [5.41, 5.74) is 0.565. The summed E-state index contributed by atoms with van der Waals surface area (Å²) in [6.07, 6.45) is 1.49. The van der Waals surface area contributed by atoms with Gasteiger partial charge in [0.15, 0.2) is 0 Å². The molecule has 2 N–H and O–H groups in total. The quantitative estimate of drug-likeness (QED) is 0.730. The fourth-order valence-electron chi connectivity index (χ4n) is 1.72. The van der Waals surface area contributed by atoms with Crippen LogP contribution in [-0.2, 0) is 9.53 Å². The Balaban J connectivity index is 1.82. The highest BCUT2D eigenvalue weighted by Gasteiger charge is 2.04. The van der Waals surface area contributed by atoms with E-state index in [0.29, 0.717) is 30.5 Å². The summed E-state index contributed by atoms with van der Waals surface area (Å²) in [7, 11) is 1.60. The summed E-state index contributed by atoms with van der Waals surface area (Å²) in [6, 6.07) is 8.94. The molecule has 6 nitrogen and oxygen atoms in total. The van der Waals surface area contributed by atoms with E-state index >= 15 is 0 Å². The Bertz CT molecular complexity index is 617. The van der Waals surface area contributed by atoms with Crippen molar-refractivity contribution < 1.29 is 18.7 Å². The van der Waals surface area contributed by atoms with E-state index in [1.807, 2.05) is 0 Å². The van der Waals surface area contributed by atoms with Crippen LogP contribution in [0.25, 0.3) is 0 Å². The number of carbonyl (C=O) groups excluding carboxylic acids is 1. The third kappa shape index (κ3) is 6.01. The van der Waals surface area contributed by atoms with Crippen LogP contribution < -0.4 is 15.4 Å². The van der Waals surface area contributed by atoms with Crippen molar-refractivity contribution in [2.75, 3.05) is 32.1 Å². The molecule has 0 fully saturated rings. The number of hydrogen-bond acceptors (Lipinski definition) is 5. The van der Waals surface area contributed by atoms with Crippen LogP contribution in [0.2, 0.25) is 0 Å². The maximum atomic E-state index is 12.8. The molecule has 122 valence electrons. The molecule has 23 heavy (non-hydrogen) atoms. The van der Waals surface area contributed by atoms with Crippen LogP contribution in [0.3, 0.4) is 0 Å². The lowest BCUT2D eigenvalue weighted by Gasteiger charge is -2.08. The molecule has 1 amide bonds. The zero-order chi connectivity index (χ0) is 16.5. The molecule has 0 aliphatic heterocycles. The van der Waals surface area contributed by atoms with Gasteiger partial charge in [-0.3, -0.25) is 4.79 Å². The summed E-state index contributed by atoms with van der Waals surface area (Å²) < 4.78 is 23.1. The molecule has 0 spiro atoms. The summed E-state index contributed by atoms with van der Waals surface area (Å²) in [5, 5.41) is 5.65. The number of halogens is 1. The molecule has 2 rings (SSSR count). The highest BCUT2D eigenvalue weighted by Crippen LogP contribution is 2.20. The van der Waals surface area contributed by atoms with Gasteiger partial charge in [0.25, 0.3) is 0 Å². The number of methoxy groups -OCH3 is 1. The minimum absolute atomic E-state index is 0.171. The number of nitrogens with one attached hydrogen (secondary N) is 2. The Hall–Kier alpha value is -2.51. The number of carbonyl (C=O) groups is 1. The fraction of sp³-hybridized carbons (Fsp3) is 0.250. The fourth-order valence-corrected chi connectivity index (χ4v) is 1.72. The Morgan fingerprint density at radius 2 is 2.00 bits per heavy atom. The van der Waals surface area contributed by atoms with Gasteiger partial charge in [0.05, 0.1) is 25.0 Å². The first-order valence-electron chi connectivity index (χ1n) is 7.06. The standard InChI is InChI=1S/C16H18FN3O3/c1-22-9-8-18-11-15(21)20-13-4-7-16(19-10-13)23-14-5-2-12(17)3-6-14/h2-7,10,18H,8-9,11H2,1H3,(H,20,21). The number of nitrogens with zero attached hydrogens (tertiary/aromatic N) is 1. The molecule has 0 saturated carbocycles. The molecule has 1 heterocycles. The maximum Gasteiger partial charge on any atom is 0.238 e. The van der Waals surface area contributed by atoms with Crippen molar-refractivity contribution in [3.05, 3.63) is 48.4 Å². The lowest BCUT2D eigenvalue weighted by atomic mass is 10.3. The molecule has 0 aliphatic rings. The number of amides is 1. The molecule has 7 heteroatoms. The third-order valence-electron chi connectivity index (χ3n) is 2.82. The van der Waals surface area contributed by atoms with Gasteiger partial charge < -0.3 is 20.1 Å². The van der Waals surface area contributed by atoms with Crippen molar-refractivity contribution >= 4 is 11.6 Å². The third-order valence-corrected chi connectivity index (χ3v) is 2.82. The SMILES string of the molecule is COCCNCC(=O)Nc1ccc(Oc2ccc(F)cc2)nc1. The predicted molar refractivity (Wildman–Crippen MR) is 84.1 cm³/mol. The van der Waals surface area contributed by atoms with Gasteiger partial charge in [-0.1, -0.05) is 0 Å². The minimum Gasteiger partial charge on any atom is -0.439 e. The van der Waals surface area contributed by atoms with E-state index in [1.165, 1.54) is 30.5 Å². The van der Waals surface area contributed by atoms with E-state index in [4.69, 9.17) is 9.47 Å². The van der Waals surface area contributed by atoms with Gasteiger partial charge in [-0.05, 0) is 30.3 Å². The van der Waals surface area contributed by atoms with E-state index in [0.717, 1.165) is 0 Å². The van der Waals surface area contributed by atoms with E-state index in [2.05, 4.69) is 15.6 Å². The van der Waals surface area contributed by atoms with Crippen molar-refractivity contribution in [2.45, 2.75) is 0 Å². The van der Waals surface area contributed by atoms with Crippen LogP contribution in [0.5, 0.6) is 11.6 Å². The van der Waals surface area contributed by atoms with Crippen molar-refractivity contribution in [3.8, 4) is 11.6 Å². The number of aromatic nitrogens is 1. The molecule has 0 radical (unpaired) electrons. The molecule has 2 aromatic rings. The van der Waals surface area contributed by atoms with Gasteiger partial charge in [0, 0.05) is 19.7 Å². The number of benzene rings is 1. The van der Waals surface area contributed by atoms with E-state index in [9.17, 15) is 9.18 Å². The second-order valence-corrected chi connectivity index (χ2v) is 4.66. The van der Waals surface area contributed by atoms with Crippen LogP contribution in [0.1, 0.15) is 0 Å². The normalized spacial score (nSPS) is 10.3. The summed E-state index contributed by atoms with van der Waals surface area (Å²) in [4.78, 5) is 15.8. The smallest absolute Gasteiger partial charge is 0.238 e. The van der Waals surface area contributed by atoms with Crippen molar-refractivity contribution in [1.29, 1.82) is 0 Å². The number of ether oxygens (including phenoxy) is 2. The van der Waals surface area contributed by atoms with Gasteiger partial charge in [-0.15, -0.1) is 0 Å². The Labute approximate surface area is 133 Å². The Morgan fingerprint density at radius 3 is 2.65 bits per heavy atom. The number of pyridine rings is 1. The molecule has 1 aromatic heterocycles. The average Bonchev–Trinajstić information content (AvgIpc) is 2.56. The van der Waals surface area contributed by atoms with Gasteiger partial charge >= 0.3 is 0 Å². The molecular weight excluding hydrogens is 301 g/mol. The number of hydrogen-bond donors (Lipinski definition) is 2. The molecule has 1 aromatic carbocycles. The van der Waals surface area contributed by atoms with Crippen molar-refractivity contribution in [2.24, 2.45) is 0 Å². The first-order valence-corrected chi connectivity index (χ1v) is 7.06. The number of rotatable bonds is 8. The van der Waals surface area contributed by atoms with Gasteiger partial charge in [-0.2, -0.15) is 0 Å². The molecule has 0 bridgehead atoms. The van der Waals surface area contributed by atoms with E-state index in [1.54, 1.807) is 19.2 Å². The number of anilines is 1. The monoisotopic (exact) mass is 319 g/mol. The van der Waals surface area contributed by atoms with Crippen LogP contribution in [0.4, 0.5) is 10.1 Å². The van der Waals surface area contributed by atoms with E-state index in [-0.39, 0.29) is 18.3 Å². The lowest BCUT2D eigenvalue weighted by molar-refractivity contribution is -0.115. The predicted octanol–water partition coefficient (Wildman–Crippen LogP) is 2.19. The zero-order valence-corrected chi connectivity index (χ0v) is 12.7. The van der Waals surface area contributed by atoms with E-state index < -0.39 is 0 Å². The molecule has 0 atom stereocenters. The van der Waals surface area contributed by atoms with Crippen LogP contribution in [0, 0.1) is 5.82 Å². The first-order chi connectivity index (χ1) is 11.2. The summed E-state index contributed by atoms with van der Waals surface area (Å²) >= 11 is 0. The average molecular weight is 319 g/mol. The maximum absolute atomic E-state index is 12.8. The summed E-state index contributed by atoms with van der Waals surface area (Å²) in [5.74, 6) is 0.337. The molecule has 0 saturated heterocycles. The summed E-state index contributed by atoms with van der Waals surface area (Å²) in [6.45, 7) is 1.34. The lowest BCUT2D eigenvalue weighted by Crippen LogP contribution is -2.30. The van der Waals surface area contributed by atoms with Crippen molar-refractivity contribution in [3.63, 3.8) is 0 Å². The largest absolute Gasteiger partial charge is 0.439 e. The van der Waals surface area contributed by atoms with Gasteiger partial charge in [0.1, 0.15) is 11.6 Å². The highest BCUT2D eigenvalue weighted by atomic mass is 19.1. The highest BCUT2D eigenvalue weighted by molar-refractivity contribution is 5.92. The second-order valence-electron chi connectivity index (χ2n) is 4.66. The second kappa shape index (κ2) is 8.82. The zero-order valence-electron chi connectivity index (χ0n) is 12.7. The Morgan fingerprint density at radius 1 is 1.22 bits per heavy atom. The topological polar surface area (TPSA) is 72.5 Å². The molecule has 0 unspecified atom stereocenters. The van der Waals surface area contributed by atoms with Gasteiger partial charge in [-0.25, -0.2) is 9.37 Å². The molecular formula is C16H18FN3O3. The van der Waals surface area contributed by atoms with Crippen LogP contribution >= 0.6 is 0 Å². The Kier molecular flexibility index (Phi) is 6.46. The van der Waals surface area contributed by atoms with Crippen LogP contribution in [0.15, 0.2) is 42.6 Å². The molecule has 0 aliphatic carbocycles. The first kappa shape index (κ1) is 16.9. The minimum atomic E-state index is -0.331. The van der Waals surface area contributed by atoms with Crippen LogP contribution in [-0.4, -0.2) is 37.7 Å². The van der Waals surface area contributed by atoms with Crippen molar-refractivity contribution in [1.82, 2.24) is 10.3 Å². The van der Waals surface area contributed by atoms with Gasteiger partial charge in [0.2, 0.25) is 11.8 Å².